The highest BCUT2D eigenvalue weighted by Crippen LogP contribution is 2.37. The third kappa shape index (κ3) is 6.19. The van der Waals surface area contributed by atoms with Gasteiger partial charge in [-0.3, -0.25) is 25.0 Å². The Labute approximate surface area is 166 Å². The number of likely N-dealkylation sites (N-methyl/N-ethyl adjacent to an activating group) is 1. The van der Waals surface area contributed by atoms with E-state index in [9.17, 15) is 25.0 Å². The number of nitro benzene ring substituents is 2. The van der Waals surface area contributed by atoms with Crippen molar-refractivity contribution in [1.29, 1.82) is 0 Å². The van der Waals surface area contributed by atoms with Gasteiger partial charge in [-0.15, -0.1) is 23.2 Å². The van der Waals surface area contributed by atoms with Crippen LogP contribution in [0.25, 0.3) is 0 Å². The highest BCUT2D eigenvalue weighted by Gasteiger charge is 2.35. The quantitative estimate of drug-likeness (QED) is 0.329. The topological polar surface area (TPSA) is 122 Å². The predicted molar refractivity (Wildman–Crippen MR) is 104 cm³/mol. The van der Waals surface area contributed by atoms with Crippen LogP contribution in [0.3, 0.4) is 0 Å². The summed E-state index contributed by atoms with van der Waals surface area (Å²) in [4.78, 5) is 37.3. The number of benzene rings is 1. The van der Waals surface area contributed by atoms with Crippen molar-refractivity contribution in [2.75, 3.05) is 56.9 Å². The third-order valence-corrected chi connectivity index (χ3v) is 3.97. The summed E-state index contributed by atoms with van der Waals surface area (Å²) < 4.78 is 0. The first-order valence-corrected chi connectivity index (χ1v) is 9.07. The molecule has 1 aromatic rings. The molecule has 1 aromatic carbocycles. The molecule has 1 amide bonds. The zero-order chi connectivity index (χ0) is 20.6. The van der Waals surface area contributed by atoms with Crippen molar-refractivity contribution >= 4 is 46.2 Å². The molecular weight excluding hydrogens is 401 g/mol. The minimum Gasteiger partial charge on any atom is -0.364 e. The normalized spacial score (nSPS) is 10.7. The van der Waals surface area contributed by atoms with Crippen molar-refractivity contribution in [3.05, 3.63) is 37.9 Å². The van der Waals surface area contributed by atoms with Gasteiger partial charge in [0.1, 0.15) is 5.69 Å². The van der Waals surface area contributed by atoms with Crippen molar-refractivity contribution in [2.45, 2.75) is 0 Å². The molecule has 0 saturated heterocycles. The molecule has 0 atom stereocenters. The van der Waals surface area contributed by atoms with Crippen LogP contribution in [-0.2, 0) is 0 Å². The number of anilines is 1. The molecule has 1 N–H and O–H groups in total. The minimum atomic E-state index is -0.881. The van der Waals surface area contributed by atoms with Crippen LogP contribution in [0.15, 0.2) is 12.1 Å². The van der Waals surface area contributed by atoms with Crippen LogP contribution in [0.2, 0.25) is 0 Å². The van der Waals surface area contributed by atoms with Gasteiger partial charge in [-0.25, -0.2) is 0 Å². The Morgan fingerprint density at radius 1 is 1.07 bits per heavy atom. The largest absolute Gasteiger partial charge is 0.364 e. The van der Waals surface area contributed by atoms with Crippen molar-refractivity contribution < 1.29 is 14.6 Å². The molecule has 0 fully saturated rings. The van der Waals surface area contributed by atoms with E-state index in [0.717, 1.165) is 6.07 Å². The van der Waals surface area contributed by atoms with Crippen LogP contribution in [0.4, 0.5) is 17.1 Å². The average molecular weight is 422 g/mol. The summed E-state index contributed by atoms with van der Waals surface area (Å²) in [7, 11) is 3.57. The van der Waals surface area contributed by atoms with Gasteiger partial charge in [-0.05, 0) is 20.2 Å². The van der Waals surface area contributed by atoms with Gasteiger partial charge in [-0.1, -0.05) is 0 Å². The molecule has 0 spiro atoms. The molecule has 0 aliphatic carbocycles. The van der Waals surface area contributed by atoms with E-state index < -0.39 is 32.7 Å². The van der Waals surface area contributed by atoms with Crippen molar-refractivity contribution in [2.24, 2.45) is 0 Å². The summed E-state index contributed by atoms with van der Waals surface area (Å²) in [6, 6.07) is 2.32. The van der Waals surface area contributed by atoms with Gasteiger partial charge in [-0.2, -0.15) is 0 Å². The van der Waals surface area contributed by atoms with E-state index in [2.05, 4.69) is 5.32 Å². The highest BCUT2D eigenvalue weighted by molar-refractivity contribution is 6.18. The first-order chi connectivity index (χ1) is 12.7. The SMILES string of the molecule is CN(C)CCNC(=O)c1c([N+](=O)[O-])ccc(N(CCCl)CCCl)c1[N+](=O)[O-]. The fraction of sp³-hybridized carbons (Fsp3) is 0.533. The number of carbonyl (C=O) groups excluding carboxylic acids is 1. The minimum absolute atomic E-state index is 0.0599. The van der Waals surface area contributed by atoms with Crippen LogP contribution in [0.5, 0.6) is 0 Å². The van der Waals surface area contributed by atoms with Gasteiger partial charge < -0.3 is 15.1 Å². The van der Waals surface area contributed by atoms with Crippen LogP contribution in [0, 0.1) is 20.2 Å². The van der Waals surface area contributed by atoms with Gasteiger partial charge in [0.15, 0.2) is 5.56 Å². The molecule has 0 saturated carbocycles. The molecule has 12 heteroatoms. The Morgan fingerprint density at radius 3 is 2.11 bits per heavy atom. The number of nitro groups is 2. The third-order valence-electron chi connectivity index (χ3n) is 3.64. The predicted octanol–water partition coefficient (Wildman–Crippen LogP) is 2.08. The Balaban J connectivity index is 3.50. The Kier molecular flexibility index (Phi) is 9.19. The average Bonchev–Trinajstić information content (AvgIpc) is 2.59. The fourth-order valence-electron chi connectivity index (χ4n) is 2.42. The zero-order valence-corrected chi connectivity index (χ0v) is 16.5. The monoisotopic (exact) mass is 421 g/mol. The summed E-state index contributed by atoms with van der Waals surface area (Å²) >= 11 is 11.5. The van der Waals surface area contributed by atoms with E-state index in [1.807, 2.05) is 0 Å². The Hall–Kier alpha value is -2.17. The van der Waals surface area contributed by atoms with Gasteiger partial charge in [0.25, 0.3) is 11.6 Å². The number of nitrogens with one attached hydrogen (secondary N) is 1. The van der Waals surface area contributed by atoms with Crippen LogP contribution < -0.4 is 10.2 Å². The lowest BCUT2D eigenvalue weighted by Gasteiger charge is -2.23. The zero-order valence-electron chi connectivity index (χ0n) is 15.0. The summed E-state index contributed by atoms with van der Waals surface area (Å²) in [5, 5.41) is 25.6. The van der Waals surface area contributed by atoms with E-state index >= 15 is 0 Å². The molecule has 150 valence electrons. The smallest absolute Gasteiger partial charge is 0.312 e. The maximum Gasteiger partial charge on any atom is 0.312 e. The van der Waals surface area contributed by atoms with Gasteiger partial charge in [0, 0.05) is 44.0 Å². The van der Waals surface area contributed by atoms with E-state index in [0.29, 0.717) is 6.54 Å². The second-order valence-corrected chi connectivity index (χ2v) is 6.52. The van der Waals surface area contributed by atoms with Gasteiger partial charge >= 0.3 is 5.69 Å². The number of amides is 1. The summed E-state index contributed by atoms with van der Waals surface area (Å²) in [6.07, 6.45) is 0. The molecule has 0 radical (unpaired) electrons. The van der Waals surface area contributed by atoms with Crippen LogP contribution in [-0.4, -0.2) is 72.7 Å². The molecule has 10 nitrogen and oxygen atoms in total. The second kappa shape index (κ2) is 10.9. The van der Waals surface area contributed by atoms with E-state index in [1.165, 1.54) is 11.0 Å². The number of alkyl halides is 2. The first kappa shape index (κ1) is 22.9. The number of hydrogen-bond acceptors (Lipinski definition) is 7. The second-order valence-electron chi connectivity index (χ2n) is 5.77. The number of nitrogens with zero attached hydrogens (tertiary/aromatic N) is 4. The Bertz CT molecular complexity index is 695. The first-order valence-electron chi connectivity index (χ1n) is 8.00. The maximum atomic E-state index is 12.6. The van der Waals surface area contributed by atoms with Crippen LogP contribution in [0.1, 0.15) is 10.4 Å². The molecular formula is C15H21Cl2N5O5. The lowest BCUT2D eigenvalue weighted by Crippen LogP contribution is -2.33. The van der Waals surface area contributed by atoms with E-state index in [4.69, 9.17) is 23.2 Å². The molecule has 0 aromatic heterocycles. The van der Waals surface area contributed by atoms with E-state index in [-0.39, 0.29) is 37.1 Å². The number of hydrogen-bond donors (Lipinski definition) is 1. The highest BCUT2D eigenvalue weighted by atomic mass is 35.5. The molecule has 0 aliphatic rings. The number of rotatable bonds is 11. The molecule has 0 aliphatic heterocycles. The van der Waals surface area contributed by atoms with Crippen molar-refractivity contribution in [3.8, 4) is 0 Å². The lowest BCUT2D eigenvalue weighted by atomic mass is 10.1. The summed E-state index contributed by atoms with van der Waals surface area (Å²) in [5.74, 6) is -0.557. The van der Waals surface area contributed by atoms with E-state index in [1.54, 1.807) is 19.0 Å². The molecule has 1 rings (SSSR count). The summed E-state index contributed by atoms with van der Waals surface area (Å²) in [6.45, 7) is 1.11. The van der Waals surface area contributed by atoms with Gasteiger partial charge in [0.05, 0.1) is 9.85 Å². The Morgan fingerprint density at radius 2 is 1.67 bits per heavy atom. The standard InChI is InChI=1S/C15H21Cl2N5O5/c1-19(2)10-7-18-15(23)13-11(21(24)25)3-4-12(14(13)22(26)27)20(8-5-16)9-6-17/h3-4H,5-10H2,1-2H3,(H,18,23). The maximum absolute atomic E-state index is 12.6. The van der Waals surface area contributed by atoms with Crippen molar-refractivity contribution in [3.63, 3.8) is 0 Å². The molecule has 0 unspecified atom stereocenters. The van der Waals surface area contributed by atoms with Crippen molar-refractivity contribution in [1.82, 2.24) is 10.2 Å². The lowest BCUT2D eigenvalue weighted by molar-refractivity contribution is -0.394. The molecule has 0 heterocycles. The number of halogens is 2. The van der Waals surface area contributed by atoms with Crippen LogP contribution >= 0.6 is 23.2 Å². The molecule has 0 bridgehead atoms. The number of carbonyl (C=O) groups is 1. The fourth-order valence-corrected chi connectivity index (χ4v) is 2.83. The summed E-state index contributed by atoms with van der Waals surface area (Å²) in [5.41, 5.74) is -1.80. The molecule has 27 heavy (non-hydrogen) atoms. The van der Waals surface area contributed by atoms with Gasteiger partial charge in [0.2, 0.25) is 0 Å².